The van der Waals surface area contributed by atoms with E-state index in [0.717, 1.165) is 24.1 Å². The first-order valence-electron chi connectivity index (χ1n) is 16.0. The standard InChI is InChI=1S/C34H45F2N7O3Si/c1-32(2,3)46-31(44)43-19-34(7,20-45-47(8,9)33(4,5)6)24-15-22(14-23(16-37)29(24)43)25-12-13-38-30(39-25)40-26-17-42(18-27(35)36)41-28(26)21-10-11-21/h12-15,17,21,27H,10-11,18-20H2,1-9H3,(H,38,39,40)/t34-/m1/s1. The first kappa shape index (κ1) is 34.4. The topological polar surface area (TPSA) is 118 Å². The molecule has 2 aliphatic rings. The van der Waals surface area contributed by atoms with Crippen LogP contribution in [0.2, 0.25) is 18.1 Å². The van der Waals surface area contributed by atoms with Crippen LogP contribution >= 0.6 is 0 Å². The van der Waals surface area contributed by atoms with Crippen molar-refractivity contribution in [1.29, 1.82) is 5.26 Å². The Hall–Kier alpha value is -3.89. The minimum absolute atomic E-state index is 0.0189. The number of carbonyl (C=O) groups is 1. The first-order chi connectivity index (χ1) is 21.8. The molecule has 1 aromatic carbocycles. The van der Waals surface area contributed by atoms with Gasteiger partial charge >= 0.3 is 6.09 Å². The number of rotatable bonds is 9. The largest absolute Gasteiger partial charge is 0.443 e. The quantitative estimate of drug-likeness (QED) is 0.228. The number of ether oxygens (including phenoxy) is 1. The predicted molar refractivity (Wildman–Crippen MR) is 180 cm³/mol. The lowest BCUT2D eigenvalue weighted by Crippen LogP contribution is -2.46. The van der Waals surface area contributed by atoms with Gasteiger partial charge in [0.15, 0.2) is 8.32 Å². The third kappa shape index (κ3) is 7.49. The summed E-state index contributed by atoms with van der Waals surface area (Å²) in [5.41, 5.74) is 2.81. The molecule has 1 saturated carbocycles. The van der Waals surface area contributed by atoms with E-state index < -0.39 is 38.4 Å². The number of hydrogen-bond donors (Lipinski definition) is 1. The van der Waals surface area contributed by atoms with E-state index in [0.29, 0.717) is 34.8 Å². The second kappa shape index (κ2) is 12.3. The van der Waals surface area contributed by atoms with Gasteiger partial charge in [0.2, 0.25) is 5.95 Å². The van der Waals surface area contributed by atoms with Crippen LogP contribution in [-0.4, -0.2) is 59.3 Å². The summed E-state index contributed by atoms with van der Waals surface area (Å²) < 4.78 is 39.9. The smallest absolute Gasteiger partial charge is 0.414 e. The Bertz CT molecular complexity index is 1700. The molecule has 1 N–H and O–H groups in total. The van der Waals surface area contributed by atoms with Gasteiger partial charge in [-0.1, -0.05) is 27.7 Å². The van der Waals surface area contributed by atoms with Gasteiger partial charge in [-0.15, -0.1) is 0 Å². The second-order valence-electron chi connectivity index (χ2n) is 15.4. The fourth-order valence-electron chi connectivity index (χ4n) is 5.41. The molecule has 0 bridgehead atoms. The van der Waals surface area contributed by atoms with Gasteiger partial charge in [-0.25, -0.2) is 23.5 Å². The molecule has 47 heavy (non-hydrogen) atoms. The van der Waals surface area contributed by atoms with Crippen molar-refractivity contribution in [3.8, 4) is 17.3 Å². The van der Waals surface area contributed by atoms with Crippen LogP contribution in [0.3, 0.4) is 0 Å². The maximum absolute atomic E-state index is 13.5. The number of benzene rings is 1. The van der Waals surface area contributed by atoms with Crippen molar-refractivity contribution < 1.29 is 22.7 Å². The van der Waals surface area contributed by atoms with E-state index in [-0.39, 0.29) is 23.4 Å². The number of carbonyl (C=O) groups excluding carboxylic acids is 1. The van der Waals surface area contributed by atoms with E-state index in [4.69, 9.17) is 14.1 Å². The molecule has 1 atom stereocenters. The van der Waals surface area contributed by atoms with Gasteiger partial charge < -0.3 is 14.5 Å². The Morgan fingerprint density at radius 3 is 2.51 bits per heavy atom. The molecule has 2 aromatic heterocycles. The minimum Gasteiger partial charge on any atom is -0.443 e. The summed E-state index contributed by atoms with van der Waals surface area (Å²) >= 11 is 0. The molecular weight excluding hydrogens is 621 g/mol. The maximum atomic E-state index is 13.5. The van der Waals surface area contributed by atoms with Gasteiger partial charge in [-0.3, -0.25) is 9.58 Å². The number of anilines is 3. The Morgan fingerprint density at radius 2 is 1.91 bits per heavy atom. The molecule has 1 amide bonds. The summed E-state index contributed by atoms with van der Waals surface area (Å²) in [6.45, 7) is 18.6. The molecule has 0 radical (unpaired) electrons. The molecule has 1 aliphatic heterocycles. The number of amides is 1. The number of nitrogens with one attached hydrogen (secondary N) is 1. The molecule has 1 aliphatic carbocycles. The highest BCUT2D eigenvalue weighted by Crippen LogP contribution is 2.47. The van der Waals surface area contributed by atoms with Crippen LogP contribution < -0.4 is 10.2 Å². The molecule has 0 unspecified atom stereocenters. The maximum Gasteiger partial charge on any atom is 0.414 e. The summed E-state index contributed by atoms with van der Waals surface area (Å²) in [4.78, 5) is 24.2. The lowest BCUT2D eigenvalue weighted by Gasteiger charge is -2.39. The van der Waals surface area contributed by atoms with E-state index in [1.165, 1.54) is 4.68 Å². The molecule has 13 heteroatoms. The normalized spacial score (nSPS) is 18.3. The van der Waals surface area contributed by atoms with Crippen molar-refractivity contribution in [3.05, 3.63) is 47.4 Å². The van der Waals surface area contributed by atoms with Gasteiger partial charge in [0, 0.05) is 42.4 Å². The summed E-state index contributed by atoms with van der Waals surface area (Å²) in [5.74, 6) is 0.494. The monoisotopic (exact) mass is 665 g/mol. The fraction of sp³-hybridized carbons (Fsp3) is 0.559. The molecule has 1 fully saturated rings. The third-order valence-corrected chi connectivity index (χ3v) is 13.6. The van der Waals surface area contributed by atoms with Crippen LogP contribution in [-0.2, 0) is 21.1 Å². The van der Waals surface area contributed by atoms with Gasteiger partial charge in [0.25, 0.3) is 6.43 Å². The van der Waals surface area contributed by atoms with E-state index in [1.54, 1.807) is 29.4 Å². The molecule has 0 saturated heterocycles. The average molecular weight is 666 g/mol. The van der Waals surface area contributed by atoms with Gasteiger partial charge in [-0.05, 0) is 75.5 Å². The number of hydrogen-bond acceptors (Lipinski definition) is 8. The molecular formula is C34H45F2N7O3Si. The zero-order valence-electron chi connectivity index (χ0n) is 28.7. The number of alkyl halides is 2. The average Bonchev–Trinajstić information content (AvgIpc) is 3.67. The van der Waals surface area contributed by atoms with Crippen LogP contribution in [0, 0.1) is 11.3 Å². The van der Waals surface area contributed by atoms with E-state index in [9.17, 15) is 18.8 Å². The first-order valence-corrected chi connectivity index (χ1v) is 18.9. The van der Waals surface area contributed by atoms with Crippen molar-refractivity contribution in [2.24, 2.45) is 0 Å². The molecule has 10 nitrogen and oxygen atoms in total. The lowest BCUT2D eigenvalue weighted by atomic mass is 9.83. The zero-order chi connectivity index (χ0) is 34.5. The third-order valence-electron chi connectivity index (χ3n) is 9.11. The molecule has 0 spiro atoms. The highest BCUT2D eigenvalue weighted by Gasteiger charge is 2.47. The Labute approximate surface area is 276 Å². The Balaban J connectivity index is 1.54. The van der Waals surface area contributed by atoms with Crippen molar-refractivity contribution >= 4 is 31.7 Å². The zero-order valence-corrected chi connectivity index (χ0v) is 29.7. The predicted octanol–water partition coefficient (Wildman–Crippen LogP) is 8.13. The van der Waals surface area contributed by atoms with Crippen LogP contribution in [0.25, 0.3) is 11.3 Å². The van der Waals surface area contributed by atoms with Crippen LogP contribution in [0.4, 0.5) is 30.9 Å². The van der Waals surface area contributed by atoms with Crippen molar-refractivity contribution in [1.82, 2.24) is 19.7 Å². The van der Waals surface area contributed by atoms with Gasteiger partial charge in [-0.2, -0.15) is 10.4 Å². The summed E-state index contributed by atoms with van der Waals surface area (Å²) in [6, 6.07) is 7.75. The van der Waals surface area contributed by atoms with Crippen LogP contribution in [0.1, 0.15) is 84.0 Å². The Morgan fingerprint density at radius 1 is 1.21 bits per heavy atom. The van der Waals surface area contributed by atoms with E-state index in [1.807, 2.05) is 26.8 Å². The van der Waals surface area contributed by atoms with Crippen LogP contribution in [0.5, 0.6) is 0 Å². The SMILES string of the molecule is CC(C)(C)OC(=O)N1C[C@](C)(CO[Si](C)(C)C(C)(C)C)c2cc(-c3ccnc(Nc4cn(CC(F)F)nc4C4CC4)n3)cc(C#N)c21. The van der Waals surface area contributed by atoms with E-state index >= 15 is 0 Å². The van der Waals surface area contributed by atoms with Crippen LogP contribution in [0.15, 0.2) is 30.6 Å². The number of nitriles is 1. The molecule has 3 aromatic rings. The van der Waals surface area contributed by atoms with Gasteiger partial charge in [0.1, 0.15) is 18.2 Å². The highest BCUT2D eigenvalue weighted by molar-refractivity contribution is 6.74. The van der Waals surface area contributed by atoms with E-state index in [2.05, 4.69) is 62.3 Å². The second-order valence-corrected chi connectivity index (χ2v) is 20.2. The number of fused-ring (bicyclic) bond motifs is 1. The number of aromatic nitrogens is 4. The lowest BCUT2D eigenvalue weighted by molar-refractivity contribution is 0.0575. The van der Waals surface area contributed by atoms with Crippen molar-refractivity contribution in [2.75, 3.05) is 23.4 Å². The van der Waals surface area contributed by atoms with Crippen molar-refractivity contribution in [2.45, 2.75) is 109 Å². The minimum atomic E-state index is -2.52. The highest BCUT2D eigenvalue weighted by atomic mass is 28.4. The Kier molecular flexibility index (Phi) is 9.00. The summed E-state index contributed by atoms with van der Waals surface area (Å²) in [6.07, 6.45) is 2.03. The molecule has 3 heterocycles. The van der Waals surface area contributed by atoms with Crippen molar-refractivity contribution in [3.63, 3.8) is 0 Å². The summed E-state index contributed by atoms with van der Waals surface area (Å²) in [5, 5.41) is 17.9. The number of nitrogens with zero attached hydrogens (tertiary/aromatic N) is 6. The number of halogens is 2. The summed E-state index contributed by atoms with van der Waals surface area (Å²) in [7, 11) is -2.17. The fourth-order valence-corrected chi connectivity index (χ4v) is 6.52. The molecule has 252 valence electrons. The molecule has 5 rings (SSSR count). The van der Waals surface area contributed by atoms with Gasteiger partial charge in [0.05, 0.1) is 28.3 Å².